The van der Waals surface area contributed by atoms with E-state index in [9.17, 15) is 13.2 Å². The SMILES string of the molecule is CCCN1CCN(S(=O)(=O)c2cnn(C)n2)CC1c1cc2cnn(-c3ccc(=O)n(C)c3)c2cc1C. The van der Waals surface area contributed by atoms with E-state index >= 15 is 0 Å². The second-order valence-electron chi connectivity index (χ2n) is 9.25. The number of benzene rings is 1. The summed E-state index contributed by atoms with van der Waals surface area (Å²) in [4.78, 5) is 15.4. The summed E-state index contributed by atoms with van der Waals surface area (Å²) in [6.45, 7) is 6.42. The largest absolute Gasteiger partial charge is 0.316 e. The van der Waals surface area contributed by atoms with E-state index in [1.807, 2.05) is 17.8 Å². The molecule has 1 fully saturated rings. The number of aryl methyl sites for hydroxylation is 3. The highest BCUT2D eigenvalue weighted by Gasteiger charge is 2.36. The van der Waals surface area contributed by atoms with Gasteiger partial charge >= 0.3 is 0 Å². The monoisotopic (exact) mass is 510 g/mol. The molecular formula is C24H30N8O3S. The van der Waals surface area contributed by atoms with Crippen molar-refractivity contribution in [3.05, 3.63) is 64.3 Å². The Hall–Kier alpha value is -3.35. The number of rotatable bonds is 6. The lowest BCUT2D eigenvalue weighted by atomic mass is 9.96. The summed E-state index contributed by atoms with van der Waals surface area (Å²) < 4.78 is 31.5. The molecule has 0 saturated carbocycles. The molecule has 11 nitrogen and oxygen atoms in total. The molecule has 3 aromatic heterocycles. The van der Waals surface area contributed by atoms with Crippen molar-refractivity contribution in [2.24, 2.45) is 14.1 Å². The van der Waals surface area contributed by atoms with E-state index in [0.717, 1.165) is 40.7 Å². The van der Waals surface area contributed by atoms with Crippen LogP contribution in [0, 0.1) is 6.92 Å². The van der Waals surface area contributed by atoms with Gasteiger partial charge in [-0.2, -0.15) is 19.3 Å². The molecule has 1 unspecified atom stereocenters. The molecule has 1 saturated heterocycles. The van der Waals surface area contributed by atoms with Crippen LogP contribution in [0.25, 0.3) is 16.6 Å². The zero-order valence-electron chi connectivity index (χ0n) is 20.9. The summed E-state index contributed by atoms with van der Waals surface area (Å²) in [5.74, 6) is 0. The van der Waals surface area contributed by atoms with Gasteiger partial charge in [-0.05, 0) is 49.2 Å². The lowest BCUT2D eigenvalue weighted by Crippen LogP contribution is -2.50. The minimum Gasteiger partial charge on any atom is -0.316 e. The number of pyridine rings is 1. The van der Waals surface area contributed by atoms with Gasteiger partial charge in [-0.25, -0.2) is 13.1 Å². The first-order valence-electron chi connectivity index (χ1n) is 11.9. The van der Waals surface area contributed by atoms with Gasteiger partial charge in [0.05, 0.1) is 23.6 Å². The maximum atomic E-state index is 13.3. The van der Waals surface area contributed by atoms with Crippen molar-refractivity contribution in [1.29, 1.82) is 0 Å². The predicted molar refractivity (Wildman–Crippen MR) is 135 cm³/mol. The van der Waals surface area contributed by atoms with E-state index in [1.165, 1.54) is 25.9 Å². The Labute approximate surface area is 209 Å². The summed E-state index contributed by atoms with van der Waals surface area (Å²) in [5.41, 5.74) is 3.78. The zero-order valence-corrected chi connectivity index (χ0v) is 21.7. The van der Waals surface area contributed by atoms with Crippen LogP contribution in [-0.4, -0.2) is 73.1 Å². The summed E-state index contributed by atoms with van der Waals surface area (Å²) in [7, 11) is -0.426. The van der Waals surface area contributed by atoms with E-state index in [1.54, 1.807) is 26.4 Å². The lowest BCUT2D eigenvalue weighted by molar-refractivity contribution is 0.118. The Bertz CT molecular complexity index is 1590. The molecule has 0 spiro atoms. The minimum absolute atomic E-state index is 0.0293. The lowest BCUT2D eigenvalue weighted by Gasteiger charge is -2.41. The Kier molecular flexibility index (Phi) is 6.27. The zero-order chi connectivity index (χ0) is 25.6. The third kappa shape index (κ3) is 4.25. The third-order valence-electron chi connectivity index (χ3n) is 6.78. The van der Waals surface area contributed by atoms with Crippen LogP contribution in [-0.2, 0) is 24.1 Å². The van der Waals surface area contributed by atoms with Crippen molar-refractivity contribution in [2.45, 2.75) is 31.3 Å². The highest BCUT2D eigenvalue weighted by molar-refractivity contribution is 7.89. The van der Waals surface area contributed by atoms with Gasteiger partial charge in [0.15, 0.2) is 0 Å². The van der Waals surface area contributed by atoms with Gasteiger partial charge in [-0.1, -0.05) is 6.92 Å². The summed E-state index contributed by atoms with van der Waals surface area (Å²) >= 11 is 0. The van der Waals surface area contributed by atoms with Crippen LogP contribution in [0.3, 0.4) is 0 Å². The van der Waals surface area contributed by atoms with Crippen LogP contribution < -0.4 is 5.56 Å². The first kappa shape index (κ1) is 24.3. The number of hydrogen-bond donors (Lipinski definition) is 0. The highest BCUT2D eigenvalue weighted by Crippen LogP contribution is 2.33. The fourth-order valence-electron chi connectivity index (χ4n) is 4.91. The second-order valence-corrected chi connectivity index (χ2v) is 11.1. The van der Waals surface area contributed by atoms with E-state index in [4.69, 9.17) is 0 Å². The van der Waals surface area contributed by atoms with E-state index in [-0.39, 0.29) is 16.6 Å². The van der Waals surface area contributed by atoms with E-state index in [2.05, 4.69) is 39.3 Å². The molecule has 1 aromatic carbocycles. The van der Waals surface area contributed by atoms with Crippen molar-refractivity contribution >= 4 is 20.9 Å². The first-order valence-corrected chi connectivity index (χ1v) is 13.4. The molecular weight excluding hydrogens is 480 g/mol. The van der Waals surface area contributed by atoms with Gasteiger partial charge in [0, 0.05) is 57.4 Å². The molecule has 36 heavy (non-hydrogen) atoms. The van der Waals surface area contributed by atoms with Gasteiger partial charge < -0.3 is 4.57 Å². The molecule has 1 aliphatic rings. The first-order chi connectivity index (χ1) is 17.2. The van der Waals surface area contributed by atoms with Crippen LogP contribution in [0.5, 0.6) is 0 Å². The normalized spacial score (nSPS) is 17.7. The predicted octanol–water partition coefficient (Wildman–Crippen LogP) is 1.62. The number of aromatic nitrogens is 6. The van der Waals surface area contributed by atoms with Crippen molar-refractivity contribution in [1.82, 2.24) is 38.5 Å². The molecule has 0 radical (unpaired) electrons. The summed E-state index contributed by atoms with van der Waals surface area (Å²) in [5, 5.41) is 13.5. The second kappa shape index (κ2) is 9.26. The van der Waals surface area contributed by atoms with Crippen molar-refractivity contribution in [3.63, 3.8) is 0 Å². The Morgan fingerprint density at radius 3 is 2.58 bits per heavy atom. The molecule has 12 heteroatoms. The summed E-state index contributed by atoms with van der Waals surface area (Å²) in [6, 6.07) is 7.39. The van der Waals surface area contributed by atoms with Crippen LogP contribution in [0.15, 0.2) is 52.7 Å². The number of hydrogen-bond acceptors (Lipinski definition) is 7. The Morgan fingerprint density at radius 2 is 1.89 bits per heavy atom. The molecule has 4 aromatic rings. The van der Waals surface area contributed by atoms with Crippen LogP contribution >= 0.6 is 0 Å². The Morgan fingerprint density at radius 1 is 1.08 bits per heavy atom. The molecule has 4 heterocycles. The number of sulfonamides is 1. The highest BCUT2D eigenvalue weighted by atomic mass is 32.2. The summed E-state index contributed by atoms with van der Waals surface area (Å²) in [6.07, 6.45) is 5.84. The molecule has 0 bridgehead atoms. The van der Waals surface area contributed by atoms with Gasteiger partial charge in [0.1, 0.15) is 0 Å². The molecule has 190 valence electrons. The molecule has 0 N–H and O–H groups in total. The number of fused-ring (bicyclic) bond motifs is 1. The minimum atomic E-state index is -3.75. The molecule has 1 aliphatic heterocycles. The van der Waals surface area contributed by atoms with Crippen molar-refractivity contribution < 1.29 is 8.42 Å². The topological polar surface area (TPSA) is 111 Å². The number of piperazine rings is 1. The fourth-order valence-corrected chi connectivity index (χ4v) is 6.23. The van der Waals surface area contributed by atoms with Crippen molar-refractivity contribution in [3.8, 4) is 5.69 Å². The molecule has 0 amide bonds. The van der Waals surface area contributed by atoms with Gasteiger partial charge in [-0.3, -0.25) is 9.69 Å². The fraction of sp³-hybridized carbons (Fsp3) is 0.417. The van der Waals surface area contributed by atoms with Crippen molar-refractivity contribution in [2.75, 3.05) is 26.2 Å². The molecule has 0 aliphatic carbocycles. The smallest absolute Gasteiger partial charge is 0.264 e. The van der Waals surface area contributed by atoms with E-state index in [0.29, 0.717) is 19.6 Å². The van der Waals surface area contributed by atoms with E-state index < -0.39 is 10.0 Å². The number of nitrogens with zero attached hydrogens (tertiary/aromatic N) is 8. The van der Waals surface area contributed by atoms with Gasteiger partial charge in [-0.15, -0.1) is 5.10 Å². The Balaban J connectivity index is 1.53. The average molecular weight is 511 g/mol. The third-order valence-corrected chi connectivity index (χ3v) is 8.50. The maximum absolute atomic E-state index is 13.3. The standard InChI is InChI=1S/C24H30N8O3S/c1-5-8-30-9-10-31(36(34,35)23-14-25-29(4)27-23)16-22(30)20-12-18-13-26-32(21(18)11-17(20)2)19-6-7-24(33)28(3)15-19/h6-7,11-15,22H,5,8-10,16H2,1-4H3. The van der Waals surface area contributed by atoms with Crippen LogP contribution in [0.2, 0.25) is 0 Å². The molecule has 1 atom stereocenters. The van der Waals surface area contributed by atoms with Gasteiger partial charge in [0.25, 0.3) is 10.0 Å². The van der Waals surface area contributed by atoms with Gasteiger partial charge in [0.2, 0.25) is 10.6 Å². The van der Waals surface area contributed by atoms with Crippen LogP contribution in [0.4, 0.5) is 0 Å². The maximum Gasteiger partial charge on any atom is 0.264 e. The average Bonchev–Trinajstić information content (AvgIpc) is 3.47. The molecule has 5 rings (SSSR count). The van der Waals surface area contributed by atoms with Crippen LogP contribution in [0.1, 0.15) is 30.5 Å². The quantitative estimate of drug-likeness (QED) is 0.388.